The summed E-state index contributed by atoms with van der Waals surface area (Å²) in [6.45, 7) is 6.68. The Morgan fingerprint density at radius 2 is 2.57 bits per heavy atom. The molecule has 42 valence electrons. The zero-order chi connectivity index (χ0) is 5.54. The lowest BCUT2D eigenvalue weighted by Gasteiger charge is -1.92. The summed E-state index contributed by atoms with van der Waals surface area (Å²) < 4.78 is 3.09. The zero-order valence-corrected chi connectivity index (χ0v) is 5.42. The zero-order valence-electron chi connectivity index (χ0n) is 4.61. The second-order valence-electron chi connectivity index (χ2n) is 1.10. The number of hydrogen-bond acceptors (Lipinski definition) is 2. The van der Waals surface area contributed by atoms with Crippen molar-refractivity contribution < 1.29 is 0 Å². The van der Waals surface area contributed by atoms with Gasteiger partial charge in [-0.15, -0.1) is 6.58 Å². The molecule has 0 saturated heterocycles. The van der Waals surface area contributed by atoms with Crippen molar-refractivity contribution in [3.63, 3.8) is 0 Å². The van der Waals surface area contributed by atoms with Gasteiger partial charge in [0.25, 0.3) is 0 Å². The van der Waals surface area contributed by atoms with Gasteiger partial charge in [0, 0.05) is 12.3 Å². The van der Waals surface area contributed by atoms with Crippen molar-refractivity contribution >= 4 is 11.9 Å². The fourth-order valence-electron chi connectivity index (χ4n) is 0.220. The van der Waals surface area contributed by atoms with Crippen molar-refractivity contribution in [1.82, 2.24) is 4.72 Å². The number of nitrogens with one attached hydrogen (secondary N) is 1. The van der Waals surface area contributed by atoms with Gasteiger partial charge >= 0.3 is 0 Å². The number of rotatable bonds is 4. The normalized spacial score (nSPS) is 8.71. The van der Waals surface area contributed by atoms with Crippen molar-refractivity contribution in [3.05, 3.63) is 12.7 Å². The van der Waals surface area contributed by atoms with Crippen LogP contribution in [0.15, 0.2) is 12.7 Å². The third-order valence-electron chi connectivity index (χ3n) is 0.448. The quantitative estimate of drug-likeness (QED) is 0.339. The van der Waals surface area contributed by atoms with Gasteiger partial charge in [-0.3, -0.25) is 4.72 Å². The van der Waals surface area contributed by atoms with Crippen LogP contribution < -0.4 is 4.72 Å². The second-order valence-corrected chi connectivity index (χ2v) is 2.01. The Morgan fingerprint density at radius 3 is 3.00 bits per heavy atom. The van der Waals surface area contributed by atoms with Crippen LogP contribution in [0.25, 0.3) is 0 Å². The Morgan fingerprint density at radius 1 is 1.86 bits per heavy atom. The van der Waals surface area contributed by atoms with Crippen LogP contribution in [0.5, 0.6) is 0 Å². The highest BCUT2D eigenvalue weighted by Gasteiger charge is 1.74. The summed E-state index contributed by atoms with van der Waals surface area (Å²) in [5.74, 6) is 0.994. The van der Waals surface area contributed by atoms with Crippen LogP contribution in [0, 0.1) is 0 Å². The smallest absolute Gasteiger partial charge is 0.0256 e. The molecule has 0 aliphatic rings. The van der Waals surface area contributed by atoms with E-state index in [1.807, 2.05) is 6.08 Å². The molecule has 7 heavy (non-hydrogen) atoms. The number of hydrogen-bond donors (Lipinski definition) is 1. The van der Waals surface area contributed by atoms with Crippen LogP contribution in [0.3, 0.4) is 0 Å². The molecule has 0 bridgehead atoms. The van der Waals surface area contributed by atoms with E-state index in [9.17, 15) is 0 Å². The van der Waals surface area contributed by atoms with Crippen LogP contribution in [-0.4, -0.2) is 12.3 Å². The van der Waals surface area contributed by atoms with Crippen molar-refractivity contribution in [3.8, 4) is 0 Å². The molecular formula is C5H11NS. The Bertz CT molecular complexity index is 45.3. The summed E-state index contributed by atoms with van der Waals surface area (Å²) in [4.78, 5) is 0. The molecule has 1 nitrogen and oxygen atoms in total. The fraction of sp³-hybridized carbons (Fsp3) is 0.600. The van der Waals surface area contributed by atoms with Crippen LogP contribution in [-0.2, 0) is 0 Å². The van der Waals surface area contributed by atoms with Gasteiger partial charge in [0.1, 0.15) is 0 Å². The molecule has 0 rings (SSSR count). The first-order chi connectivity index (χ1) is 3.41. The molecule has 0 saturated carbocycles. The molecule has 0 amide bonds. The molecule has 0 aromatic carbocycles. The van der Waals surface area contributed by atoms with Gasteiger partial charge in [-0.2, -0.15) is 0 Å². The maximum atomic E-state index is 3.57. The second kappa shape index (κ2) is 6.05. The SMILES string of the molecule is C=CCSNCC. The predicted molar refractivity (Wildman–Crippen MR) is 36.3 cm³/mol. The molecule has 1 N–H and O–H groups in total. The van der Waals surface area contributed by atoms with Crippen molar-refractivity contribution in [1.29, 1.82) is 0 Å². The molecule has 0 aromatic heterocycles. The fourth-order valence-corrected chi connectivity index (χ4v) is 0.660. The highest BCUT2D eigenvalue weighted by Crippen LogP contribution is 1.89. The van der Waals surface area contributed by atoms with Gasteiger partial charge in [-0.05, 0) is 0 Å². The molecule has 0 unspecified atom stereocenters. The minimum absolute atomic E-state index is 0.994. The van der Waals surface area contributed by atoms with E-state index in [-0.39, 0.29) is 0 Å². The van der Waals surface area contributed by atoms with E-state index in [0.717, 1.165) is 12.3 Å². The van der Waals surface area contributed by atoms with E-state index in [1.165, 1.54) is 0 Å². The Balaban J connectivity index is 2.56. The first-order valence-corrected chi connectivity index (χ1v) is 3.36. The highest BCUT2D eigenvalue weighted by atomic mass is 32.2. The molecule has 0 radical (unpaired) electrons. The highest BCUT2D eigenvalue weighted by molar-refractivity contribution is 7.97. The van der Waals surface area contributed by atoms with Crippen LogP contribution in [0.2, 0.25) is 0 Å². The molecule has 0 spiro atoms. The summed E-state index contributed by atoms with van der Waals surface area (Å²) in [7, 11) is 0. The van der Waals surface area contributed by atoms with Gasteiger partial charge < -0.3 is 0 Å². The van der Waals surface area contributed by atoms with Gasteiger partial charge in [0.05, 0.1) is 0 Å². The summed E-state index contributed by atoms with van der Waals surface area (Å²) in [5, 5.41) is 0. The minimum Gasteiger partial charge on any atom is -0.264 e. The maximum Gasteiger partial charge on any atom is 0.0256 e. The molecular weight excluding hydrogens is 106 g/mol. The van der Waals surface area contributed by atoms with E-state index in [1.54, 1.807) is 11.9 Å². The lowest BCUT2D eigenvalue weighted by molar-refractivity contribution is 1.04. The topological polar surface area (TPSA) is 12.0 Å². The van der Waals surface area contributed by atoms with Crippen molar-refractivity contribution in [2.45, 2.75) is 6.92 Å². The molecule has 2 heteroatoms. The summed E-state index contributed by atoms with van der Waals surface area (Å²) in [6, 6.07) is 0. The largest absolute Gasteiger partial charge is 0.264 e. The average molecular weight is 117 g/mol. The summed E-state index contributed by atoms with van der Waals surface area (Å²) in [6.07, 6.45) is 1.88. The van der Waals surface area contributed by atoms with Gasteiger partial charge in [0.15, 0.2) is 0 Å². The first-order valence-electron chi connectivity index (χ1n) is 2.37. The van der Waals surface area contributed by atoms with E-state index in [2.05, 4.69) is 18.2 Å². The van der Waals surface area contributed by atoms with Gasteiger partial charge in [-0.25, -0.2) is 0 Å². The lowest BCUT2D eigenvalue weighted by atomic mass is 10.8. The maximum absolute atomic E-state index is 3.57. The Kier molecular flexibility index (Phi) is 6.09. The minimum atomic E-state index is 0.994. The lowest BCUT2D eigenvalue weighted by Crippen LogP contribution is -2.00. The molecule has 0 aromatic rings. The Labute approximate surface area is 49.3 Å². The van der Waals surface area contributed by atoms with Crippen molar-refractivity contribution in [2.75, 3.05) is 12.3 Å². The predicted octanol–water partition coefficient (Wildman–Crippen LogP) is 1.43. The molecule has 0 atom stereocenters. The van der Waals surface area contributed by atoms with E-state index in [4.69, 9.17) is 0 Å². The van der Waals surface area contributed by atoms with Gasteiger partial charge in [0.2, 0.25) is 0 Å². The standard InChI is InChI=1S/C5H11NS/c1-3-5-7-6-4-2/h3,6H,1,4-5H2,2H3. The molecule has 0 aliphatic carbocycles. The van der Waals surface area contributed by atoms with Crippen LogP contribution >= 0.6 is 11.9 Å². The summed E-state index contributed by atoms with van der Waals surface area (Å²) in [5.41, 5.74) is 0. The third kappa shape index (κ3) is 6.05. The van der Waals surface area contributed by atoms with Crippen LogP contribution in [0.1, 0.15) is 6.92 Å². The average Bonchev–Trinajstić information content (AvgIpc) is 1.69. The van der Waals surface area contributed by atoms with Gasteiger partial charge in [-0.1, -0.05) is 24.9 Å². The van der Waals surface area contributed by atoms with E-state index in [0.29, 0.717) is 0 Å². The third-order valence-corrected chi connectivity index (χ3v) is 1.34. The van der Waals surface area contributed by atoms with Crippen molar-refractivity contribution in [2.24, 2.45) is 0 Å². The molecule has 0 fully saturated rings. The monoisotopic (exact) mass is 117 g/mol. The van der Waals surface area contributed by atoms with Crippen LogP contribution in [0.4, 0.5) is 0 Å². The van der Waals surface area contributed by atoms with E-state index >= 15 is 0 Å². The van der Waals surface area contributed by atoms with E-state index < -0.39 is 0 Å². The molecule has 0 aliphatic heterocycles. The first kappa shape index (κ1) is 7.05. The molecule has 0 heterocycles. The Hall–Kier alpha value is 0.0500. The summed E-state index contributed by atoms with van der Waals surface area (Å²) >= 11 is 1.69.